The van der Waals surface area contributed by atoms with Crippen molar-refractivity contribution < 1.29 is 8.42 Å². The third kappa shape index (κ3) is 2.50. The Morgan fingerprint density at radius 2 is 2.07 bits per heavy atom. The summed E-state index contributed by atoms with van der Waals surface area (Å²) in [4.78, 5) is 0. The summed E-state index contributed by atoms with van der Waals surface area (Å²) in [6, 6.07) is -0.108. The quantitative estimate of drug-likeness (QED) is 0.667. The lowest BCUT2D eigenvalue weighted by molar-refractivity contribution is 0.266. The van der Waals surface area contributed by atoms with Crippen LogP contribution >= 0.6 is 0 Å². The van der Waals surface area contributed by atoms with Crippen LogP contribution in [0.15, 0.2) is 0 Å². The van der Waals surface area contributed by atoms with Crippen molar-refractivity contribution in [1.29, 1.82) is 0 Å². The van der Waals surface area contributed by atoms with E-state index in [1.54, 1.807) is 25.1 Å². The molecule has 1 saturated heterocycles. The van der Waals surface area contributed by atoms with Crippen LogP contribution in [0, 0.1) is 0 Å². The van der Waals surface area contributed by atoms with E-state index in [-0.39, 0.29) is 6.04 Å². The maximum atomic E-state index is 12.2. The van der Waals surface area contributed by atoms with E-state index >= 15 is 0 Å². The Morgan fingerprint density at radius 1 is 1.47 bits per heavy atom. The van der Waals surface area contributed by atoms with E-state index in [1.165, 1.54) is 0 Å². The minimum absolute atomic E-state index is 0.108. The highest BCUT2D eigenvalue weighted by Crippen LogP contribution is 2.22. The minimum Gasteiger partial charge on any atom is -0.329 e. The molecule has 0 aliphatic carbocycles. The largest absolute Gasteiger partial charge is 0.329 e. The van der Waals surface area contributed by atoms with Crippen molar-refractivity contribution in [2.75, 3.05) is 26.2 Å². The van der Waals surface area contributed by atoms with Crippen LogP contribution in [-0.4, -0.2) is 49.7 Å². The fourth-order valence-corrected chi connectivity index (χ4v) is 3.20. The van der Waals surface area contributed by atoms with Gasteiger partial charge in [-0.15, -0.1) is 0 Å². The summed E-state index contributed by atoms with van der Waals surface area (Å²) >= 11 is 0. The van der Waals surface area contributed by atoms with Crippen LogP contribution in [0.3, 0.4) is 0 Å². The highest BCUT2D eigenvalue weighted by atomic mass is 32.2. The van der Waals surface area contributed by atoms with Gasteiger partial charge in [0, 0.05) is 32.2 Å². The Hall–Kier alpha value is -0.170. The highest BCUT2D eigenvalue weighted by molar-refractivity contribution is 7.90. The maximum Gasteiger partial charge on any atom is 0.219 e. The van der Waals surface area contributed by atoms with Gasteiger partial charge in [0.25, 0.3) is 0 Å². The normalized spacial score (nSPS) is 25.5. The number of sulfonamides is 1. The topological polar surface area (TPSA) is 75.4 Å². The lowest BCUT2D eigenvalue weighted by atomic mass is 10.2. The molecule has 0 aromatic heterocycles. The number of nitrogens with zero attached hydrogens (tertiary/aromatic N) is 1. The van der Waals surface area contributed by atoms with Crippen LogP contribution in [-0.2, 0) is 10.0 Å². The SMILES string of the molecule is CC(C)(C)S(=O)(=O)N1CCNCC1CN. The predicted molar refractivity (Wildman–Crippen MR) is 61.1 cm³/mol. The van der Waals surface area contributed by atoms with E-state index in [0.29, 0.717) is 26.2 Å². The van der Waals surface area contributed by atoms with Crippen molar-refractivity contribution in [2.45, 2.75) is 31.6 Å². The molecule has 90 valence electrons. The third-order valence-corrected chi connectivity index (χ3v) is 5.30. The first-order valence-electron chi connectivity index (χ1n) is 5.23. The average molecular weight is 235 g/mol. The van der Waals surface area contributed by atoms with Crippen LogP contribution in [0.1, 0.15) is 20.8 Å². The number of hydrogen-bond acceptors (Lipinski definition) is 4. The van der Waals surface area contributed by atoms with E-state index in [0.717, 1.165) is 0 Å². The predicted octanol–water partition coefficient (Wildman–Crippen LogP) is -0.653. The molecule has 1 aliphatic rings. The van der Waals surface area contributed by atoms with Gasteiger partial charge in [-0.25, -0.2) is 8.42 Å². The monoisotopic (exact) mass is 235 g/mol. The number of rotatable bonds is 2. The molecule has 1 atom stereocenters. The molecule has 0 bridgehead atoms. The number of nitrogens with one attached hydrogen (secondary N) is 1. The molecule has 3 N–H and O–H groups in total. The summed E-state index contributed by atoms with van der Waals surface area (Å²) in [5.41, 5.74) is 5.59. The summed E-state index contributed by atoms with van der Waals surface area (Å²) in [7, 11) is -3.25. The molecular weight excluding hydrogens is 214 g/mol. The van der Waals surface area contributed by atoms with Crippen molar-refractivity contribution in [1.82, 2.24) is 9.62 Å². The van der Waals surface area contributed by atoms with Crippen molar-refractivity contribution in [3.8, 4) is 0 Å². The molecule has 1 unspecified atom stereocenters. The zero-order chi connectivity index (χ0) is 11.7. The highest BCUT2D eigenvalue weighted by Gasteiger charge is 2.39. The van der Waals surface area contributed by atoms with E-state index in [4.69, 9.17) is 5.73 Å². The second-order valence-corrected chi connectivity index (χ2v) is 7.47. The zero-order valence-electron chi connectivity index (χ0n) is 9.66. The van der Waals surface area contributed by atoms with Gasteiger partial charge in [0.15, 0.2) is 0 Å². The Balaban J connectivity index is 2.94. The number of piperazine rings is 1. The smallest absolute Gasteiger partial charge is 0.219 e. The molecule has 15 heavy (non-hydrogen) atoms. The van der Waals surface area contributed by atoms with Crippen molar-refractivity contribution in [3.63, 3.8) is 0 Å². The molecule has 1 heterocycles. The zero-order valence-corrected chi connectivity index (χ0v) is 10.5. The Labute approximate surface area is 92.1 Å². The van der Waals surface area contributed by atoms with Crippen molar-refractivity contribution in [2.24, 2.45) is 5.73 Å². The van der Waals surface area contributed by atoms with Crippen LogP contribution < -0.4 is 11.1 Å². The van der Waals surface area contributed by atoms with Gasteiger partial charge in [-0.1, -0.05) is 0 Å². The fraction of sp³-hybridized carbons (Fsp3) is 1.00. The summed E-state index contributed by atoms with van der Waals surface area (Å²) in [5.74, 6) is 0. The fourth-order valence-electron chi connectivity index (χ4n) is 1.61. The number of nitrogens with two attached hydrogens (primary N) is 1. The van der Waals surface area contributed by atoms with E-state index < -0.39 is 14.8 Å². The summed E-state index contributed by atoms with van der Waals surface area (Å²) in [6.45, 7) is 7.38. The lowest BCUT2D eigenvalue weighted by Crippen LogP contribution is -2.59. The Bertz CT molecular complexity index is 308. The molecule has 0 aromatic rings. The first-order valence-corrected chi connectivity index (χ1v) is 6.67. The second kappa shape index (κ2) is 4.37. The molecule has 0 spiro atoms. The molecule has 0 radical (unpaired) electrons. The van der Waals surface area contributed by atoms with Gasteiger partial charge in [0.2, 0.25) is 10.0 Å². The van der Waals surface area contributed by atoms with Crippen LogP contribution in [0.2, 0.25) is 0 Å². The maximum absolute atomic E-state index is 12.2. The summed E-state index contributed by atoms with van der Waals surface area (Å²) < 4.78 is 25.2. The van der Waals surface area contributed by atoms with E-state index in [9.17, 15) is 8.42 Å². The second-order valence-electron chi connectivity index (χ2n) is 4.82. The van der Waals surface area contributed by atoms with Crippen LogP contribution in [0.25, 0.3) is 0 Å². The Morgan fingerprint density at radius 3 is 2.53 bits per heavy atom. The van der Waals surface area contributed by atoms with Crippen LogP contribution in [0.4, 0.5) is 0 Å². The molecule has 0 amide bonds. The van der Waals surface area contributed by atoms with Gasteiger partial charge in [-0.05, 0) is 20.8 Å². The summed E-state index contributed by atoms with van der Waals surface area (Å²) in [6.07, 6.45) is 0. The Kier molecular flexibility index (Phi) is 3.76. The van der Waals surface area contributed by atoms with Gasteiger partial charge in [0.1, 0.15) is 0 Å². The molecule has 1 rings (SSSR count). The van der Waals surface area contributed by atoms with Crippen molar-refractivity contribution in [3.05, 3.63) is 0 Å². The van der Waals surface area contributed by atoms with Crippen molar-refractivity contribution >= 4 is 10.0 Å². The molecule has 6 heteroatoms. The van der Waals surface area contributed by atoms with Gasteiger partial charge >= 0.3 is 0 Å². The molecule has 0 aromatic carbocycles. The molecule has 0 saturated carbocycles. The summed E-state index contributed by atoms with van der Waals surface area (Å²) in [5, 5.41) is 3.15. The van der Waals surface area contributed by atoms with Gasteiger partial charge in [-0.3, -0.25) is 0 Å². The van der Waals surface area contributed by atoms with Crippen LogP contribution in [0.5, 0.6) is 0 Å². The minimum atomic E-state index is -3.25. The average Bonchev–Trinajstić information content (AvgIpc) is 2.16. The third-order valence-electron chi connectivity index (χ3n) is 2.65. The first-order chi connectivity index (χ1) is 6.80. The molecule has 5 nitrogen and oxygen atoms in total. The number of hydrogen-bond donors (Lipinski definition) is 2. The molecule has 1 fully saturated rings. The van der Waals surface area contributed by atoms with Gasteiger partial charge < -0.3 is 11.1 Å². The molecular formula is C9H21N3O2S. The van der Waals surface area contributed by atoms with Gasteiger partial charge in [-0.2, -0.15) is 4.31 Å². The van der Waals surface area contributed by atoms with E-state index in [1.807, 2.05) is 0 Å². The van der Waals surface area contributed by atoms with E-state index in [2.05, 4.69) is 5.32 Å². The first kappa shape index (κ1) is 12.9. The lowest BCUT2D eigenvalue weighted by Gasteiger charge is -2.38. The standard InChI is InChI=1S/C9H21N3O2S/c1-9(2,3)15(13,14)12-5-4-11-7-8(12)6-10/h8,11H,4-7,10H2,1-3H3. The molecule has 1 aliphatic heterocycles. The van der Waals surface area contributed by atoms with Gasteiger partial charge in [0.05, 0.1) is 4.75 Å².